The van der Waals surface area contributed by atoms with Crippen LogP contribution in [0.25, 0.3) is 0 Å². The summed E-state index contributed by atoms with van der Waals surface area (Å²) in [6.07, 6.45) is 2.44. The number of aromatic nitrogens is 2. The van der Waals surface area contributed by atoms with E-state index in [0.717, 1.165) is 0 Å². The van der Waals surface area contributed by atoms with E-state index in [4.69, 9.17) is 5.73 Å². The number of Topliss-reactive ketones (excluding diaryl/α,β-unsaturated/α-hetero) is 1. The molecular formula is C22H19FN6O2S2. The fourth-order valence-corrected chi connectivity index (χ4v) is 6.28. The van der Waals surface area contributed by atoms with Crippen LogP contribution in [-0.4, -0.2) is 28.1 Å². The number of benzene rings is 1. The van der Waals surface area contributed by atoms with Gasteiger partial charge in [0.2, 0.25) is 11.0 Å². The molecule has 5 rings (SSSR count). The van der Waals surface area contributed by atoms with E-state index < -0.39 is 22.6 Å². The first kappa shape index (κ1) is 21.6. The summed E-state index contributed by atoms with van der Waals surface area (Å²) < 4.78 is 15.1. The molecule has 1 aliphatic carbocycles. The molecule has 3 heterocycles. The van der Waals surface area contributed by atoms with Crippen LogP contribution < -0.4 is 16.0 Å². The summed E-state index contributed by atoms with van der Waals surface area (Å²) in [4.78, 5) is 28.8. The Balaban J connectivity index is 1.89. The minimum absolute atomic E-state index is 0.0159. The van der Waals surface area contributed by atoms with Crippen LogP contribution in [0.4, 0.5) is 15.2 Å². The molecule has 3 aliphatic rings. The van der Waals surface area contributed by atoms with Crippen LogP contribution in [-0.2, 0) is 15.0 Å². The first-order valence-corrected chi connectivity index (χ1v) is 12.1. The highest BCUT2D eigenvalue weighted by molar-refractivity contribution is 8.00. The Morgan fingerprint density at radius 1 is 1.30 bits per heavy atom. The minimum atomic E-state index is -1.82. The summed E-state index contributed by atoms with van der Waals surface area (Å²) in [5, 5.41) is 21.7. The zero-order valence-corrected chi connectivity index (χ0v) is 19.7. The van der Waals surface area contributed by atoms with Crippen molar-refractivity contribution in [2.24, 2.45) is 11.1 Å². The van der Waals surface area contributed by atoms with Crippen molar-refractivity contribution >= 4 is 45.6 Å². The molecule has 0 saturated heterocycles. The SMILES string of the molecule is CSc1nnc(N2C(N)=C(C#N)[C@@]3(C(=O)Nc4ccc(F)cc43)C3=C2CC(C)(C)CC3=O)s1. The van der Waals surface area contributed by atoms with Crippen molar-refractivity contribution in [3.63, 3.8) is 0 Å². The number of halogens is 1. The van der Waals surface area contributed by atoms with Crippen LogP contribution in [0, 0.1) is 22.6 Å². The molecule has 1 spiro atoms. The Labute approximate surface area is 197 Å². The van der Waals surface area contributed by atoms with E-state index in [1.807, 2.05) is 20.1 Å². The zero-order valence-electron chi connectivity index (χ0n) is 18.0. The van der Waals surface area contributed by atoms with Crippen molar-refractivity contribution < 1.29 is 14.0 Å². The quantitative estimate of drug-likeness (QED) is 0.624. The Hall–Kier alpha value is -3.23. The molecule has 1 aromatic carbocycles. The molecule has 0 bridgehead atoms. The Bertz CT molecular complexity index is 1350. The second kappa shape index (κ2) is 7.13. The van der Waals surface area contributed by atoms with Gasteiger partial charge in [0.1, 0.15) is 23.1 Å². The van der Waals surface area contributed by atoms with Gasteiger partial charge in [-0.05, 0) is 36.3 Å². The molecular weight excluding hydrogens is 463 g/mol. The second-order valence-electron chi connectivity index (χ2n) is 8.92. The van der Waals surface area contributed by atoms with Gasteiger partial charge in [0.05, 0.1) is 5.57 Å². The van der Waals surface area contributed by atoms with Gasteiger partial charge >= 0.3 is 0 Å². The van der Waals surface area contributed by atoms with Crippen molar-refractivity contribution in [2.45, 2.75) is 36.4 Å². The third kappa shape index (κ3) is 2.87. The highest BCUT2D eigenvalue weighted by atomic mass is 32.2. The number of fused-ring (bicyclic) bond motifs is 3. The maximum Gasteiger partial charge on any atom is 0.245 e. The van der Waals surface area contributed by atoms with Crippen LogP contribution in [0.1, 0.15) is 32.3 Å². The fraction of sp³-hybridized carbons (Fsp3) is 0.318. The van der Waals surface area contributed by atoms with Crippen LogP contribution in [0.2, 0.25) is 0 Å². The molecule has 8 nitrogen and oxygen atoms in total. The molecule has 3 N–H and O–H groups in total. The van der Waals surface area contributed by atoms with Gasteiger partial charge in [0.25, 0.3) is 0 Å². The third-order valence-corrected chi connectivity index (χ3v) is 8.10. The predicted molar refractivity (Wildman–Crippen MR) is 123 cm³/mol. The van der Waals surface area contributed by atoms with E-state index in [2.05, 4.69) is 21.6 Å². The normalized spacial score (nSPS) is 23.5. The molecule has 1 aromatic heterocycles. The Morgan fingerprint density at radius 2 is 2.06 bits per heavy atom. The van der Waals surface area contributed by atoms with Crippen LogP contribution in [0.15, 0.2) is 45.2 Å². The maximum atomic E-state index is 14.4. The van der Waals surface area contributed by atoms with Gasteiger partial charge in [-0.25, -0.2) is 4.39 Å². The van der Waals surface area contributed by atoms with E-state index in [1.165, 1.54) is 41.3 Å². The number of rotatable bonds is 2. The lowest BCUT2D eigenvalue weighted by atomic mass is 9.61. The number of hydrogen-bond acceptors (Lipinski definition) is 9. The number of nitrogens with one attached hydrogen (secondary N) is 1. The second-order valence-corrected chi connectivity index (χ2v) is 10.9. The number of anilines is 2. The van der Waals surface area contributed by atoms with Crippen LogP contribution in [0.3, 0.4) is 0 Å². The van der Waals surface area contributed by atoms with Crippen LogP contribution in [0.5, 0.6) is 0 Å². The number of carbonyl (C=O) groups is 2. The van der Waals surface area contributed by atoms with E-state index in [0.29, 0.717) is 27.3 Å². The molecule has 0 saturated carbocycles. The Kier molecular flexibility index (Phi) is 4.67. The van der Waals surface area contributed by atoms with Gasteiger partial charge in [-0.2, -0.15) is 5.26 Å². The maximum absolute atomic E-state index is 14.4. The zero-order chi connectivity index (χ0) is 23.7. The number of amides is 1. The highest BCUT2D eigenvalue weighted by Crippen LogP contribution is 2.57. The summed E-state index contributed by atoms with van der Waals surface area (Å²) in [6, 6.07) is 5.92. The molecule has 2 aliphatic heterocycles. The van der Waals surface area contributed by atoms with Gasteiger partial charge in [-0.1, -0.05) is 36.9 Å². The lowest BCUT2D eigenvalue weighted by molar-refractivity contribution is -0.123. The van der Waals surface area contributed by atoms with E-state index >= 15 is 0 Å². The molecule has 11 heteroatoms. The van der Waals surface area contributed by atoms with Gasteiger partial charge in [0, 0.05) is 28.9 Å². The molecule has 0 radical (unpaired) electrons. The number of ketones is 1. The molecule has 2 aromatic rings. The minimum Gasteiger partial charge on any atom is -0.384 e. The molecule has 0 fully saturated rings. The first-order valence-electron chi connectivity index (χ1n) is 10.1. The van der Waals surface area contributed by atoms with Crippen LogP contribution >= 0.6 is 23.1 Å². The largest absolute Gasteiger partial charge is 0.384 e. The molecule has 33 heavy (non-hydrogen) atoms. The fourth-order valence-electron chi connectivity index (χ4n) is 4.98. The molecule has 1 amide bonds. The summed E-state index contributed by atoms with van der Waals surface area (Å²) in [5.41, 5.74) is 5.40. The van der Waals surface area contributed by atoms with Crippen molar-refractivity contribution in [3.8, 4) is 6.07 Å². The monoisotopic (exact) mass is 482 g/mol. The number of hydrogen-bond donors (Lipinski definition) is 2. The molecule has 0 unspecified atom stereocenters. The number of nitrogens with two attached hydrogens (primary N) is 1. The predicted octanol–water partition coefficient (Wildman–Crippen LogP) is 3.45. The van der Waals surface area contributed by atoms with Crippen molar-refractivity contribution in [1.29, 1.82) is 5.26 Å². The summed E-state index contributed by atoms with van der Waals surface area (Å²) in [5.74, 6) is -1.47. The lowest BCUT2D eigenvalue weighted by Gasteiger charge is -2.45. The Morgan fingerprint density at radius 3 is 2.73 bits per heavy atom. The highest BCUT2D eigenvalue weighted by Gasteiger charge is 2.61. The number of carbonyl (C=O) groups excluding carboxylic acids is 2. The summed E-state index contributed by atoms with van der Waals surface area (Å²) in [7, 11) is 0. The van der Waals surface area contributed by atoms with Crippen molar-refractivity contribution in [1.82, 2.24) is 10.2 Å². The first-order chi connectivity index (χ1) is 15.6. The average molecular weight is 483 g/mol. The lowest BCUT2D eigenvalue weighted by Crippen LogP contribution is -2.52. The van der Waals surface area contributed by atoms with Crippen molar-refractivity contribution in [2.75, 3.05) is 16.5 Å². The van der Waals surface area contributed by atoms with Gasteiger partial charge in [-0.15, -0.1) is 10.2 Å². The number of nitrogens with zero attached hydrogens (tertiary/aromatic N) is 4. The van der Waals surface area contributed by atoms with E-state index in [1.54, 1.807) is 4.90 Å². The standard InChI is InChI=1S/C22H19FN6O2S2/c1-21(2)7-14-16(15(30)8-21)22(11-6-10(23)4-5-13(11)26-18(22)31)12(9-24)17(25)29(14)19-27-28-20(32-3)33-19/h4-6H,7-8,25H2,1-3H3,(H,26,31)/t22-/m1/s1. The number of allylic oxidation sites excluding steroid dienone is 1. The average Bonchev–Trinajstić information content (AvgIpc) is 3.31. The summed E-state index contributed by atoms with van der Waals surface area (Å²) >= 11 is 2.68. The third-order valence-electron chi connectivity index (χ3n) is 6.22. The van der Waals surface area contributed by atoms with Crippen molar-refractivity contribution in [3.05, 3.63) is 52.2 Å². The summed E-state index contributed by atoms with van der Waals surface area (Å²) in [6.45, 7) is 3.91. The number of nitriles is 1. The van der Waals surface area contributed by atoms with Gasteiger partial charge in [-0.3, -0.25) is 14.5 Å². The number of thioether (sulfide) groups is 1. The van der Waals surface area contributed by atoms with Gasteiger partial charge in [0.15, 0.2) is 10.1 Å². The van der Waals surface area contributed by atoms with E-state index in [-0.39, 0.29) is 34.7 Å². The smallest absolute Gasteiger partial charge is 0.245 e. The van der Waals surface area contributed by atoms with Gasteiger partial charge < -0.3 is 11.1 Å². The van der Waals surface area contributed by atoms with E-state index in [9.17, 15) is 19.2 Å². The molecule has 168 valence electrons. The topological polar surface area (TPSA) is 125 Å². The molecule has 1 atom stereocenters.